The minimum atomic E-state index is 0.290. The molecule has 0 aromatic carbocycles. The minimum Gasteiger partial charge on any atom is -0.345 e. The van der Waals surface area contributed by atoms with Gasteiger partial charge in [0.25, 0.3) is 0 Å². The molecule has 94 valence electrons. The predicted molar refractivity (Wildman–Crippen MR) is 65.8 cm³/mol. The molecular weight excluding hydrogens is 230 g/mol. The van der Waals surface area contributed by atoms with Crippen molar-refractivity contribution in [2.24, 2.45) is 0 Å². The molecule has 1 saturated heterocycles. The Bertz CT molecular complexity index is 462. The summed E-state index contributed by atoms with van der Waals surface area (Å²) in [6, 6.07) is 3.89. The first-order valence-corrected chi connectivity index (χ1v) is 5.90. The lowest BCUT2D eigenvalue weighted by molar-refractivity contribution is -0.119. The number of piperidine rings is 1. The van der Waals surface area contributed by atoms with Gasteiger partial charge in [0, 0.05) is 32.4 Å². The van der Waals surface area contributed by atoms with Gasteiger partial charge in [-0.3, -0.25) is 4.79 Å². The summed E-state index contributed by atoms with van der Waals surface area (Å²) in [5, 5.41) is 8.80. The van der Waals surface area contributed by atoms with Gasteiger partial charge < -0.3 is 9.80 Å². The fourth-order valence-electron chi connectivity index (χ4n) is 2.12. The molecule has 0 unspecified atom stereocenters. The van der Waals surface area contributed by atoms with Crippen molar-refractivity contribution in [3.05, 3.63) is 18.0 Å². The van der Waals surface area contributed by atoms with Gasteiger partial charge in [-0.05, 0) is 18.9 Å². The Morgan fingerprint density at radius 1 is 1.56 bits per heavy atom. The van der Waals surface area contributed by atoms with Crippen LogP contribution in [0.15, 0.2) is 12.3 Å². The molecule has 1 amide bonds. The number of rotatable bonds is 3. The summed E-state index contributed by atoms with van der Waals surface area (Å²) in [7, 11) is 1.81. The van der Waals surface area contributed by atoms with Crippen molar-refractivity contribution in [3.8, 4) is 6.07 Å². The summed E-state index contributed by atoms with van der Waals surface area (Å²) in [4.78, 5) is 22.8. The highest BCUT2D eigenvalue weighted by molar-refractivity contribution is 5.47. The first-order valence-electron chi connectivity index (χ1n) is 5.90. The minimum absolute atomic E-state index is 0.290. The molecule has 1 aliphatic heterocycles. The lowest BCUT2D eigenvalue weighted by Crippen LogP contribution is -2.43. The summed E-state index contributed by atoms with van der Waals surface area (Å²) in [6.45, 7) is 1.61. The lowest BCUT2D eigenvalue weighted by Gasteiger charge is -2.35. The lowest BCUT2D eigenvalue weighted by atomic mass is 10.0. The monoisotopic (exact) mass is 245 g/mol. The van der Waals surface area contributed by atoms with Gasteiger partial charge in [-0.2, -0.15) is 5.26 Å². The van der Waals surface area contributed by atoms with Crippen LogP contribution in [0.3, 0.4) is 0 Å². The van der Waals surface area contributed by atoms with Crippen molar-refractivity contribution in [2.45, 2.75) is 18.9 Å². The molecule has 0 radical (unpaired) electrons. The molecule has 6 nitrogen and oxygen atoms in total. The molecule has 0 saturated carbocycles. The highest BCUT2D eigenvalue weighted by Crippen LogP contribution is 2.18. The Balaban J connectivity index is 2.01. The van der Waals surface area contributed by atoms with Crippen LogP contribution in [0.1, 0.15) is 18.5 Å². The van der Waals surface area contributed by atoms with E-state index >= 15 is 0 Å². The predicted octanol–water partition coefficient (Wildman–Crippen LogP) is 0.405. The first kappa shape index (κ1) is 12.3. The Labute approximate surface area is 106 Å². The zero-order chi connectivity index (χ0) is 13.0. The maximum Gasteiger partial charge on any atom is 0.226 e. The van der Waals surface area contributed by atoms with E-state index in [2.05, 4.69) is 14.9 Å². The third-order valence-corrected chi connectivity index (χ3v) is 3.25. The number of carbonyl (C=O) groups is 1. The second kappa shape index (κ2) is 5.45. The van der Waals surface area contributed by atoms with E-state index in [0.29, 0.717) is 11.6 Å². The van der Waals surface area contributed by atoms with Crippen LogP contribution in [0.25, 0.3) is 0 Å². The highest BCUT2D eigenvalue weighted by Gasteiger charge is 2.23. The molecule has 0 spiro atoms. The second-order valence-electron chi connectivity index (χ2n) is 4.34. The smallest absolute Gasteiger partial charge is 0.226 e. The molecule has 1 aliphatic rings. The Morgan fingerprint density at radius 2 is 2.28 bits per heavy atom. The third-order valence-electron chi connectivity index (χ3n) is 3.25. The van der Waals surface area contributed by atoms with Crippen LogP contribution in [0, 0.1) is 11.3 Å². The fourth-order valence-corrected chi connectivity index (χ4v) is 2.12. The molecule has 0 aliphatic carbocycles. The molecule has 1 fully saturated rings. The number of hydrogen-bond acceptors (Lipinski definition) is 5. The maximum absolute atomic E-state index is 10.7. The van der Waals surface area contributed by atoms with E-state index < -0.39 is 0 Å². The molecule has 2 rings (SSSR count). The van der Waals surface area contributed by atoms with Gasteiger partial charge in [-0.15, -0.1) is 0 Å². The van der Waals surface area contributed by atoms with Gasteiger partial charge in [0.1, 0.15) is 11.8 Å². The largest absolute Gasteiger partial charge is 0.345 e. The number of carbonyl (C=O) groups excluding carboxylic acids is 1. The summed E-state index contributed by atoms with van der Waals surface area (Å²) in [6.07, 6.45) is 4.27. The Kier molecular flexibility index (Phi) is 3.72. The van der Waals surface area contributed by atoms with Crippen molar-refractivity contribution < 1.29 is 4.79 Å². The van der Waals surface area contributed by atoms with E-state index in [1.807, 2.05) is 6.07 Å². The molecule has 0 bridgehead atoms. The summed E-state index contributed by atoms with van der Waals surface area (Å²) in [5.41, 5.74) is 0.382. The van der Waals surface area contributed by atoms with Gasteiger partial charge in [0.05, 0.1) is 0 Å². The molecule has 6 heteroatoms. The molecule has 18 heavy (non-hydrogen) atoms. The van der Waals surface area contributed by atoms with E-state index in [4.69, 9.17) is 5.26 Å². The maximum atomic E-state index is 10.7. The first-order chi connectivity index (χ1) is 8.74. The third kappa shape index (κ3) is 2.56. The number of aromatic nitrogens is 2. The number of nitrogens with zero attached hydrogens (tertiary/aromatic N) is 5. The molecule has 2 heterocycles. The molecule has 1 aromatic heterocycles. The van der Waals surface area contributed by atoms with Gasteiger partial charge in [-0.1, -0.05) is 0 Å². The Hall–Kier alpha value is -2.16. The van der Waals surface area contributed by atoms with Crippen LogP contribution < -0.4 is 4.90 Å². The van der Waals surface area contributed by atoms with Gasteiger partial charge in [0.2, 0.25) is 12.4 Å². The number of amides is 1. The quantitative estimate of drug-likeness (QED) is 0.721. The molecule has 0 atom stereocenters. The molecule has 0 N–H and O–H groups in total. The molecular formula is C12H15N5O. The van der Waals surface area contributed by atoms with Crippen molar-refractivity contribution in [1.82, 2.24) is 14.9 Å². The fraction of sp³-hybridized carbons (Fsp3) is 0.500. The number of hydrogen-bond donors (Lipinski definition) is 0. The summed E-state index contributed by atoms with van der Waals surface area (Å²) in [5.74, 6) is 0.598. The van der Waals surface area contributed by atoms with Gasteiger partial charge in [0.15, 0.2) is 0 Å². The van der Waals surface area contributed by atoms with Crippen LogP contribution in [-0.2, 0) is 4.79 Å². The van der Waals surface area contributed by atoms with E-state index in [-0.39, 0.29) is 6.04 Å². The number of anilines is 1. The topological polar surface area (TPSA) is 73.1 Å². The standard InChI is InChI=1S/C12H15N5O/c1-16(9-18)11-3-6-17(7-4-11)12-14-5-2-10(8-13)15-12/h2,5,9,11H,3-4,6-7H2,1H3. The van der Waals surface area contributed by atoms with E-state index in [9.17, 15) is 4.79 Å². The van der Waals surface area contributed by atoms with Crippen molar-refractivity contribution >= 4 is 12.4 Å². The van der Waals surface area contributed by atoms with Crippen LogP contribution in [0.2, 0.25) is 0 Å². The second-order valence-corrected chi connectivity index (χ2v) is 4.34. The van der Waals surface area contributed by atoms with Crippen molar-refractivity contribution in [1.29, 1.82) is 5.26 Å². The SMILES string of the molecule is CN(C=O)C1CCN(c2nccc(C#N)n2)CC1. The molecule has 1 aromatic rings. The van der Waals surface area contributed by atoms with Crippen LogP contribution >= 0.6 is 0 Å². The van der Waals surface area contributed by atoms with Crippen molar-refractivity contribution in [2.75, 3.05) is 25.0 Å². The van der Waals surface area contributed by atoms with E-state index in [1.54, 1.807) is 24.2 Å². The zero-order valence-electron chi connectivity index (χ0n) is 10.3. The van der Waals surface area contributed by atoms with Crippen LogP contribution in [0.5, 0.6) is 0 Å². The zero-order valence-corrected chi connectivity index (χ0v) is 10.3. The number of nitriles is 1. The average Bonchev–Trinajstić information content (AvgIpc) is 2.46. The normalized spacial score (nSPS) is 16.1. The van der Waals surface area contributed by atoms with Gasteiger partial charge >= 0.3 is 0 Å². The van der Waals surface area contributed by atoms with E-state index in [1.165, 1.54) is 0 Å². The van der Waals surface area contributed by atoms with Gasteiger partial charge in [-0.25, -0.2) is 9.97 Å². The Morgan fingerprint density at radius 3 is 2.89 bits per heavy atom. The average molecular weight is 245 g/mol. The van der Waals surface area contributed by atoms with Crippen molar-refractivity contribution in [3.63, 3.8) is 0 Å². The highest BCUT2D eigenvalue weighted by atomic mass is 16.1. The summed E-state index contributed by atoms with van der Waals surface area (Å²) >= 11 is 0. The van der Waals surface area contributed by atoms with Crippen LogP contribution in [-0.4, -0.2) is 47.5 Å². The van der Waals surface area contributed by atoms with Crippen LogP contribution in [0.4, 0.5) is 5.95 Å². The summed E-state index contributed by atoms with van der Waals surface area (Å²) < 4.78 is 0. The van der Waals surface area contributed by atoms with E-state index in [0.717, 1.165) is 32.3 Å².